The van der Waals surface area contributed by atoms with Crippen LogP contribution in [-0.4, -0.2) is 40.9 Å². The molecule has 2 aromatic carbocycles. The minimum Gasteiger partial charge on any atom is -0.488 e. The van der Waals surface area contributed by atoms with Gasteiger partial charge in [0.25, 0.3) is 5.91 Å². The van der Waals surface area contributed by atoms with E-state index in [0.29, 0.717) is 29.9 Å². The number of anilines is 1. The van der Waals surface area contributed by atoms with E-state index < -0.39 is 11.9 Å². The standard InChI is InChI=1S/C23H21FN4O5S/c1-13(11-30-3)31-17-8-9-18(21(29)26-23-25-20(24)12-34-23)19(10-17)33-16-6-4-15(5-7-16)22-28-27-14(2)32-22/h4-10,12-13H,11H2,1-3H3,(H,25,26,29). The number of aromatic nitrogens is 3. The maximum absolute atomic E-state index is 13.2. The van der Waals surface area contributed by atoms with Gasteiger partial charge in [-0.1, -0.05) is 0 Å². The summed E-state index contributed by atoms with van der Waals surface area (Å²) in [7, 11) is 1.59. The number of aryl methyl sites for hydroxylation is 1. The molecule has 0 aliphatic heterocycles. The molecule has 0 saturated carbocycles. The number of amides is 1. The average molecular weight is 485 g/mol. The van der Waals surface area contributed by atoms with Crippen molar-refractivity contribution in [2.45, 2.75) is 20.0 Å². The zero-order chi connectivity index (χ0) is 24.1. The predicted octanol–water partition coefficient (Wildman–Crippen LogP) is 5.10. The third-order valence-corrected chi connectivity index (χ3v) is 5.22. The zero-order valence-corrected chi connectivity index (χ0v) is 19.4. The van der Waals surface area contributed by atoms with Crippen molar-refractivity contribution in [3.05, 3.63) is 65.2 Å². The second-order valence-electron chi connectivity index (χ2n) is 7.22. The molecule has 0 bridgehead atoms. The Kier molecular flexibility index (Phi) is 7.14. The molecule has 0 fully saturated rings. The lowest BCUT2D eigenvalue weighted by Gasteiger charge is -2.16. The van der Waals surface area contributed by atoms with Crippen LogP contribution in [0.4, 0.5) is 9.52 Å². The summed E-state index contributed by atoms with van der Waals surface area (Å²) in [6, 6.07) is 11.8. The summed E-state index contributed by atoms with van der Waals surface area (Å²) in [6.07, 6.45) is -0.215. The van der Waals surface area contributed by atoms with Crippen molar-refractivity contribution >= 4 is 22.4 Å². The van der Waals surface area contributed by atoms with E-state index in [1.165, 1.54) is 5.38 Å². The van der Waals surface area contributed by atoms with Gasteiger partial charge in [0, 0.05) is 31.0 Å². The van der Waals surface area contributed by atoms with Gasteiger partial charge in [-0.25, -0.2) is 0 Å². The predicted molar refractivity (Wildman–Crippen MR) is 123 cm³/mol. The number of hydrogen-bond donors (Lipinski definition) is 1. The first kappa shape index (κ1) is 23.3. The van der Waals surface area contributed by atoms with Crippen LogP contribution in [-0.2, 0) is 4.74 Å². The topological polar surface area (TPSA) is 109 Å². The van der Waals surface area contributed by atoms with E-state index in [4.69, 9.17) is 18.6 Å². The fourth-order valence-electron chi connectivity index (χ4n) is 3.03. The number of rotatable bonds is 9. The number of benzene rings is 2. The van der Waals surface area contributed by atoms with Gasteiger partial charge in [-0.3, -0.25) is 10.1 Å². The summed E-state index contributed by atoms with van der Waals surface area (Å²) >= 11 is 0.983. The Morgan fingerprint density at radius 1 is 1.18 bits per heavy atom. The number of nitrogens with zero attached hydrogens (tertiary/aromatic N) is 3. The second-order valence-corrected chi connectivity index (χ2v) is 8.08. The van der Waals surface area contributed by atoms with Gasteiger partial charge in [0.1, 0.15) is 23.4 Å². The highest BCUT2D eigenvalue weighted by atomic mass is 32.1. The lowest BCUT2D eigenvalue weighted by atomic mass is 10.1. The van der Waals surface area contributed by atoms with Gasteiger partial charge < -0.3 is 18.6 Å². The highest BCUT2D eigenvalue weighted by molar-refractivity contribution is 7.13. The smallest absolute Gasteiger partial charge is 0.261 e. The molecule has 4 rings (SSSR count). The van der Waals surface area contributed by atoms with Crippen molar-refractivity contribution < 1.29 is 27.8 Å². The number of carbonyl (C=O) groups is 1. The van der Waals surface area contributed by atoms with Crippen molar-refractivity contribution in [2.24, 2.45) is 0 Å². The summed E-state index contributed by atoms with van der Waals surface area (Å²) < 4.78 is 35.6. The van der Waals surface area contributed by atoms with Crippen LogP contribution < -0.4 is 14.8 Å². The van der Waals surface area contributed by atoms with Crippen LogP contribution >= 0.6 is 11.3 Å². The Balaban J connectivity index is 1.59. The molecular weight excluding hydrogens is 463 g/mol. The van der Waals surface area contributed by atoms with Gasteiger partial charge in [-0.15, -0.1) is 21.5 Å². The van der Waals surface area contributed by atoms with Crippen molar-refractivity contribution in [3.8, 4) is 28.7 Å². The molecule has 2 heterocycles. The fourth-order valence-corrected chi connectivity index (χ4v) is 3.58. The first-order valence-electron chi connectivity index (χ1n) is 10.2. The third kappa shape index (κ3) is 5.74. The Morgan fingerprint density at radius 3 is 2.59 bits per heavy atom. The molecule has 0 saturated heterocycles. The molecule has 0 aliphatic rings. The Hall–Kier alpha value is -3.83. The normalized spacial score (nSPS) is 11.8. The lowest BCUT2D eigenvalue weighted by molar-refractivity contribution is 0.0919. The van der Waals surface area contributed by atoms with Crippen LogP contribution in [0.2, 0.25) is 0 Å². The van der Waals surface area contributed by atoms with E-state index in [1.54, 1.807) is 56.5 Å². The van der Waals surface area contributed by atoms with Crippen LogP contribution in [0.5, 0.6) is 17.2 Å². The van der Waals surface area contributed by atoms with Crippen LogP contribution in [0.3, 0.4) is 0 Å². The summed E-state index contributed by atoms with van der Waals surface area (Å²) in [5.41, 5.74) is 0.946. The van der Waals surface area contributed by atoms with E-state index >= 15 is 0 Å². The first-order valence-corrected chi connectivity index (χ1v) is 11.1. The molecule has 9 nitrogen and oxygen atoms in total. The second kappa shape index (κ2) is 10.4. The lowest BCUT2D eigenvalue weighted by Crippen LogP contribution is -2.18. The van der Waals surface area contributed by atoms with Crippen LogP contribution in [0.1, 0.15) is 23.2 Å². The van der Waals surface area contributed by atoms with Crippen molar-refractivity contribution in [3.63, 3.8) is 0 Å². The first-order chi connectivity index (χ1) is 16.4. The molecule has 176 valence electrons. The Labute approximate surface area is 198 Å². The molecular formula is C23H21FN4O5S. The number of hydrogen-bond acceptors (Lipinski definition) is 9. The van der Waals surface area contributed by atoms with E-state index in [9.17, 15) is 9.18 Å². The highest BCUT2D eigenvalue weighted by Gasteiger charge is 2.18. The largest absolute Gasteiger partial charge is 0.488 e. The van der Waals surface area contributed by atoms with Crippen molar-refractivity contribution in [1.82, 2.24) is 15.2 Å². The minimum absolute atomic E-state index is 0.140. The number of methoxy groups -OCH3 is 1. The van der Waals surface area contributed by atoms with E-state index in [1.807, 2.05) is 6.92 Å². The fraction of sp³-hybridized carbons (Fsp3) is 0.217. The molecule has 1 atom stereocenters. The van der Waals surface area contributed by atoms with E-state index in [0.717, 1.165) is 16.9 Å². The monoisotopic (exact) mass is 484 g/mol. The molecule has 1 N–H and O–H groups in total. The summed E-state index contributed by atoms with van der Waals surface area (Å²) in [5.74, 6) is 0.903. The summed E-state index contributed by atoms with van der Waals surface area (Å²) in [6.45, 7) is 3.97. The third-order valence-electron chi connectivity index (χ3n) is 4.49. The highest BCUT2D eigenvalue weighted by Crippen LogP contribution is 2.32. The molecule has 2 aromatic heterocycles. The molecule has 0 spiro atoms. The van der Waals surface area contributed by atoms with Crippen molar-refractivity contribution in [2.75, 3.05) is 19.0 Å². The van der Waals surface area contributed by atoms with Gasteiger partial charge in [0.15, 0.2) is 5.13 Å². The van der Waals surface area contributed by atoms with Crippen LogP contribution in [0, 0.1) is 12.9 Å². The molecule has 1 unspecified atom stereocenters. The number of thiazole rings is 1. The van der Waals surface area contributed by atoms with Gasteiger partial charge >= 0.3 is 0 Å². The van der Waals surface area contributed by atoms with Crippen LogP contribution in [0.15, 0.2) is 52.3 Å². The Morgan fingerprint density at radius 2 is 1.94 bits per heavy atom. The minimum atomic E-state index is -0.663. The molecule has 11 heteroatoms. The van der Waals surface area contributed by atoms with Gasteiger partial charge in [0.2, 0.25) is 17.7 Å². The van der Waals surface area contributed by atoms with Gasteiger partial charge in [0.05, 0.1) is 12.2 Å². The number of halogens is 1. The van der Waals surface area contributed by atoms with Crippen LogP contribution in [0.25, 0.3) is 11.5 Å². The van der Waals surface area contributed by atoms with Crippen molar-refractivity contribution in [1.29, 1.82) is 0 Å². The van der Waals surface area contributed by atoms with Gasteiger partial charge in [-0.2, -0.15) is 9.37 Å². The maximum Gasteiger partial charge on any atom is 0.261 e. The summed E-state index contributed by atoms with van der Waals surface area (Å²) in [4.78, 5) is 16.5. The summed E-state index contributed by atoms with van der Waals surface area (Å²) in [5, 5.41) is 11.7. The number of carbonyl (C=O) groups excluding carboxylic acids is 1. The van der Waals surface area contributed by atoms with E-state index in [2.05, 4.69) is 20.5 Å². The molecule has 0 radical (unpaired) electrons. The van der Waals surface area contributed by atoms with E-state index in [-0.39, 0.29) is 22.5 Å². The molecule has 4 aromatic rings. The molecule has 34 heavy (non-hydrogen) atoms. The molecule has 1 amide bonds. The maximum atomic E-state index is 13.2. The zero-order valence-electron chi connectivity index (χ0n) is 18.6. The number of nitrogens with one attached hydrogen (secondary N) is 1. The molecule has 0 aliphatic carbocycles. The number of ether oxygens (including phenoxy) is 3. The van der Waals surface area contributed by atoms with Gasteiger partial charge in [-0.05, 0) is 43.3 Å². The Bertz CT molecular complexity index is 1270. The SMILES string of the molecule is COCC(C)Oc1ccc(C(=O)Nc2nc(F)cs2)c(Oc2ccc(-c3nnc(C)o3)cc2)c1. The quantitative estimate of drug-likeness (QED) is 0.350. The average Bonchev–Trinajstić information content (AvgIpc) is 3.42.